The highest BCUT2D eigenvalue weighted by molar-refractivity contribution is 7.99. The standard InChI is InChI=1S/C21H21FN2O4S2/c22-15-3-6-17(7-4-15)30(27,28)23-19-8-5-16(24(25)26)13-18(19)21(9-11-29-12-10-21)20(23)14-1-2-14/h3-8,13-14,20H,1-2,9-12H2. The summed E-state index contributed by atoms with van der Waals surface area (Å²) in [6.07, 6.45) is 3.49. The Hall–Kier alpha value is -2.13. The number of non-ortho nitro benzene ring substituents is 1. The lowest BCUT2D eigenvalue weighted by Gasteiger charge is -2.41. The van der Waals surface area contributed by atoms with Gasteiger partial charge in [0.2, 0.25) is 0 Å². The Morgan fingerprint density at radius 2 is 1.77 bits per heavy atom. The van der Waals surface area contributed by atoms with Crippen LogP contribution >= 0.6 is 11.8 Å². The number of rotatable bonds is 4. The molecule has 2 fully saturated rings. The molecule has 3 aliphatic rings. The molecule has 2 aromatic rings. The van der Waals surface area contributed by atoms with Crippen molar-refractivity contribution in [2.45, 2.75) is 42.0 Å². The zero-order valence-electron chi connectivity index (χ0n) is 16.2. The molecule has 0 N–H and O–H groups in total. The molecule has 9 heteroatoms. The van der Waals surface area contributed by atoms with Gasteiger partial charge in [-0.15, -0.1) is 0 Å². The van der Waals surface area contributed by atoms with Gasteiger partial charge in [-0.05, 0) is 79.0 Å². The third kappa shape index (κ3) is 2.93. The monoisotopic (exact) mass is 448 g/mol. The van der Waals surface area contributed by atoms with E-state index in [0.717, 1.165) is 54.9 Å². The maximum absolute atomic E-state index is 13.8. The summed E-state index contributed by atoms with van der Waals surface area (Å²) in [4.78, 5) is 11.1. The van der Waals surface area contributed by atoms with Crippen LogP contribution in [0.2, 0.25) is 0 Å². The molecule has 6 nitrogen and oxygen atoms in total. The largest absolute Gasteiger partial charge is 0.269 e. The minimum Gasteiger partial charge on any atom is -0.262 e. The first-order chi connectivity index (χ1) is 14.3. The van der Waals surface area contributed by atoms with Gasteiger partial charge in [0.1, 0.15) is 5.82 Å². The van der Waals surface area contributed by atoms with Gasteiger partial charge in [-0.1, -0.05) is 0 Å². The summed E-state index contributed by atoms with van der Waals surface area (Å²) in [5, 5.41) is 11.5. The molecule has 1 saturated heterocycles. The summed E-state index contributed by atoms with van der Waals surface area (Å²) < 4.78 is 42.5. The number of anilines is 1. The van der Waals surface area contributed by atoms with Gasteiger partial charge in [-0.25, -0.2) is 12.8 Å². The molecule has 1 unspecified atom stereocenters. The van der Waals surface area contributed by atoms with E-state index in [9.17, 15) is 22.9 Å². The lowest BCUT2D eigenvalue weighted by Crippen LogP contribution is -2.50. The van der Waals surface area contributed by atoms with Crippen LogP contribution in [0.25, 0.3) is 0 Å². The number of benzene rings is 2. The third-order valence-corrected chi connectivity index (χ3v) is 9.40. The number of halogens is 1. The van der Waals surface area contributed by atoms with Gasteiger partial charge >= 0.3 is 0 Å². The Balaban J connectivity index is 1.73. The van der Waals surface area contributed by atoms with Gasteiger partial charge in [0.15, 0.2) is 0 Å². The fourth-order valence-corrected chi connectivity index (χ4v) is 8.14. The topological polar surface area (TPSA) is 80.5 Å². The van der Waals surface area contributed by atoms with E-state index in [0.29, 0.717) is 5.69 Å². The van der Waals surface area contributed by atoms with Crippen LogP contribution in [-0.2, 0) is 15.4 Å². The first kappa shape index (κ1) is 19.8. The first-order valence-corrected chi connectivity index (χ1v) is 12.6. The van der Waals surface area contributed by atoms with Crippen LogP contribution in [0.5, 0.6) is 0 Å². The van der Waals surface area contributed by atoms with E-state index in [-0.39, 0.29) is 22.5 Å². The predicted molar refractivity (Wildman–Crippen MR) is 114 cm³/mol. The number of nitrogens with zero attached hydrogens (tertiary/aromatic N) is 2. The summed E-state index contributed by atoms with van der Waals surface area (Å²) in [6.45, 7) is 0. The van der Waals surface area contributed by atoms with E-state index in [1.807, 2.05) is 11.8 Å². The Morgan fingerprint density at radius 1 is 1.10 bits per heavy atom. The molecule has 30 heavy (non-hydrogen) atoms. The molecule has 1 spiro atoms. The number of nitro benzene ring substituents is 1. The van der Waals surface area contributed by atoms with Crippen molar-refractivity contribution in [3.8, 4) is 0 Å². The van der Waals surface area contributed by atoms with Crippen molar-refractivity contribution in [3.05, 3.63) is 64.0 Å². The van der Waals surface area contributed by atoms with Crippen molar-refractivity contribution < 1.29 is 17.7 Å². The fraction of sp³-hybridized carbons (Fsp3) is 0.429. The summed E-state index contributed by atoms with van der Waals surface area (Å²) in [6, 6.07) is 9.18. The first-order valence-electron chi connectivity index (χ1n) is 10.0. The number of thioether (sulfide) groups is 1. The SMILES string of the molecule is O=[N+]([O-])c1ccc2c(c1)C1(CCSCC1)C(C1CC1)N2S(=O)(=O)c1ccc(F)cc1. The van der Waals surface area contributed by atoms with E-state index >= 15 is 0 Å². The lowest BCUT2D eigenvalue weighted by atomic mass is 9.70. The fourth-order valence-electron chi connectivity index (χ4n) is 5.12. The Bertz CT molecular complexity index is 1110. The summed E-state index contributed by atoms with van der Waals surface area (Å²) in [7, 11) is -3.94. The van der Waals surface area contributed by atoms with E-state index < -0.39 is 26.2 Å². The van der Waals surface area contributed by atoms with Crippen LogP contribution < -0.4 is 4.31 Å². The Kier molecular flexibility index (Phi) is 4.59. The number of fused-ring (bicyclic) bond motifs is 2. The predicted octanol–water partition coefficient (Wildman–Crippen LogP) is 4.49. The smallest absolute Gasteiger partial charge is 0.262 e. The summed E-state index contributed by atoms with van der Waals surface area (Å²) in [5.41, 5.74) is 0.885. The highest BCUT2D eigenvalue weighted by Gasteiger charge is 2.59. The van der Waals surface area contributed by atoms with Crippen molar-refractivity contribution in [3.63, 3.8) is 0 Å². The summed E-state index contributed by atoms with van der Waals surface area (Å²) >= 11 is 1.84. The maximum Gasteiger partial charge on any atom is 0.269 e. The highest BCUT2D eigenvalue weighted by atomic mass is 32.2. The zero-order chi connectivity index (χ0) is 21.1. The average Bonchev–Trinajstić information content (AvgIpc) is 3.53. The molecule has 0 amide bonds. The molecular weight excluding hydrogens is 427 g/mol. The second kappa shape index (κ2) is 6.95. The van der Waals surface area contributed by atoms with Crippen LogP contribution in [0, 0.1) is 21.8 Å². The normalized spacial score (nSPS) is 22.8. The van der Waals surface area contributed by atoms with Crippen LogP contribution in [0.4, 0.5) is 15.8 Å². The summed E-state index contributed by atoms with van der Waals surface area (Å²) in [5.74, 6) is 1.53. The van der Waals surface area contributed by atoms with Gasteiger partial charge in [0, 0.05) is 17.5 Å². The molecule has 5 rings (SSSR count). The van der Waals surface area contributed by atoms with Crippen LogP contribution in [-0.4, -0.2) is 30.9 Å². The Morgan fingerprint density at radius 3 is 2.37 bits per heavy atom. The molecule has 0 aromatic heterocycles. The molecular formula is C21H21FN2O4S2. The number of nitro groups is 1. The van der Waals surface area contributed by atoms with Crippen molar-refractivity contribution >= 4 is 33.2 Å². The molecule has 0 radical (unpaired) electrons. The van der Waals surface area contributed by atoms with Crippen LogP contribution in [0.3, 0.4) is 0 Å². The maximum atomic E-state index is 13.8. The van der Waals surface area contributed by atoms with E-state index in [2.05, 4.69) is 0 Å². The Labute approximate surface area is 178 Å². The number of sulfonamides is 1. The second-order valence-corrected chi connectivity index (χ2v) is 11.3. The molecule has 2 heterocycles. The van der Waals surface area contributed by atoms with Gasteiger partial charge in [0.25, 0.3) is 15.7 Å². The average molecular weight is 449 g/mol. The van der Waals surface area contributed by atoms with Crippen molar-refractivity contribution in [2.24, 2.45) is 5.92 Å². The third-order valence-electron chi connectivity index (χ3n) is 6.61. The molecule has 1 atom stereocenters. The second-order valence-electron chi connectivity index (χ2n) is 8.26. The zero-order valence-corrected chi connectivity index (χ0v) is 17.8. The minimum absolute atomic E-state index is 0.0121. The lowest BCUT2D eigenvalue weighted by molar-refractivity contribution is -0.384. The van der Waals surface area contributed by atoms with E-state index in [1.54, 1.807) is 12.1 Å². The number of hydrogen-bond acceptors (Lipinski definition) is 5. The molecule has 2 aliphatic heterocycles. The van der Waals surface area contributed by atoms with Gasteiger partial charge < -0.3 is 0 Å². The van der Waals surface area contributed by atoms with Gasteiger partial charge in [-0.2, -0.15) is 11.8 Å². The molecule has 1 saturated carbocycles. The van der Waals surface area contributed by atoms with Gasteiger partial charge in [0.05, 0.1) is 21.5 Å². The van der Waals surface area contributed by atoms with Gasteiger partial charge in [-0.3, -0.25) is 14.4 Å². The van der Waals surface area contributed by atoms with Crippen LogP contribution in [0.1, 0.15) is 31.2 Å². The van der Waals surface area contributed by atoms with Crippen LogP contribution in [0.15, 0.2) is 47.4 Å². The van der Waals surface area contributed by atoms with Crippen molar-refractivity contribution in [1.29, 1.82) is 0 Å². The van der Waals surface area contributed by atoms with E-state index in [1.165, 1.54) is 22.5 Å². The minimum atomic E-state index is -3.94. The quantitative estimate of drug-likeness (QED) is 0.509. The van der Waals surface area contributed by atoms with Crippen molar-refractivity contribution in [1.82, 2.24) is 0 Å². The highest BCUT2D eigenvalue weighted by Crippen LogP contribution is 2.60. The molecule has 158 valence electrons. The number of hydrogen-bond donors (Lipinski definition) is 0. The van der Waals surface area contributed by atoms with E-state index in [4.69, 9.17) is 0 Å². The molecule has 2 aromatic carbocycles. The molecule has 1 aliphatic carbocycles. The molecule has 0 bridgehead atoms. The van der Waals surface area contributed by atoms with Crippen molar-refractivity contribution in [2.75, 3.05) is 15.8 Å².